The Labute approximate surface area is 150 Å². The fourth-order valence-electron chi connectivity index (χ4n) is 2.74. The summed E-state index contributed by atoms with van der Waals surface area (Å²) in [7, 11) is 0. The van der Waals surface area contributed by atoms with E-state index < -0.39 is 0 Å². The van der Waals surface area contributed by atoms with Crippen LogP contribution in [0.15, 0.2) is 53.3 Å². The molecule has 0 bridgehead atoms. The molecule has 3 rings (SSSR count). The molecule has 1 amide bonds. The van der Waals surface area contributed by atoms with Crippen molar-refractivity contribution in [2.24, 2.45) is 0 Å². The Morgan fingerprint density at radius 1 is 1.12 bits per heavy atom. The first-order valence-corrected chi connectivity index (χ1v) is 8.83. The molecule has 0 saturated carbocycles. The molecule has 1 aliphatic heterocycles. The average Bonchev–Trinajstić information content (AvgIpc) is 2.63. The van der Waals surface area contributed by atoms with Crippen molar-refractivity contribution in [3.63, 3.8) is 0 Å². The summed E-state index contributed by atoms with van der Waals surface area (Å²) in [6, 6.07) is 11.7. The zero-order valence-corrected chi connectivity index (χ0v) is 15.0. The van der Waals surface area contributed by atoms with Crippen molar-refractivity contribution in [2.45, 2.75) is 6.42 Å². The van der Waals surface area contributed by atoms with Gasteiger partial charge in [-0.05, 0) is 30.3 Å². The Kier molecular flexibility index (Phi) is 5.69. The SMILES string of the molecule is O=C(CCOc1cccc(Br)c1)N1CCN(c2ccncc2)CC1. The molecule has 1 aromatic heterocycles. The van der Waals surface area contributed by atoms with E-state index in [1.165, 1.54) is 0 Å². The maximum Gasteiger partial charge on any atom is 0.226 e. The first kappa shape index (κ1) is 16.8. The van der Waals surface area contributed by atoms with Crippen LogP contribution in [0.5, 0.6) is 5.75 Å². The monoisotopic (exact) mass is 389 g/mol. The number of halogens is 1. The Bertz CT molecular complexity index is 673. The second-order valence-electron chi connectivity index (χ2n) is 5.63. The first-order chi connectivity index (χ1) is 11.7. The standard InChI is InChI=1S/C18H20BrN3O2/c19-15-2-1-3-17(14-15)24-13-6-18(23)22-11-9-21(10-12-22)16-4-7-20-8-5-16/h1-5,7-8,14H,6,9-13H2. The molecule has 2 aromatic rings. The van der Waals surface area contributed by atoms with Gasteiger partial charge in [0.1, 0.15) is 5.75 Å². The summed E-state index contributed by atoms with van der Waals surface area (Å²) in [6.07, 6.45) is 4.00. The zero-order valence-electron chi connectivity index (χ0n) is 13.4. The summed E-state index contributed by atoms with van der Waals surface area (Å²) in [4.78, 5) is 20.5. The molecule has 0 spiro atoms. The van der Waals surface area contributed by atoms with E-state index in [-0.39, 0.29) is 5.91 Å². The lowest BCUT2D eigenvalue weighted by Gasteiger charge is -2.36. The predicted molar refractivity (Wildman–Crippen MR) is 97.3 cm³/mol. The number of piperazine rings is 1. The van der Waals surface area contributed by atoms with Crippen LogP contribution in [-0.2, 0) is 4.79 Å². The summed E-state index contributed by atoms with van der Waals surface area (Å²) >= 11 is 3.41. The average molecular weight is 390 g/mol. The van der Waals surface area contributed by atoms with Crippen molar-refractivity contribution in [3.05, 3.63) is 53.3 Å². The molecule has 0 radical (unpaired) electrons. The van der Waals surface area contributed by atoms with Gasteiger partial charge in [-0.3, -0.25) is 9.78 Å². The number of rotatable bonds is 5. The van der Waals surface area contributed by atoms with Crippen LogP contribution in [0.4, 0.5) is 5.69 Å². The van der Waals surface area contributed by atoms with Crippen LogP contribution in [0.25, 0.3) is 0 Å². The van der Waals surface area contributed by atoms with Gasteiger partial charge in [0.05, 0.1) is 13.0 Å². The van der Waals surface area contributed by atoms with Crippen molar-refractivity contribution >= 4 is 27.5 Å². The summed E-state index contributed by atoms with van der Waals surface area (Å²) in [5, 5.41) is 0. The fourth-order valence-corrected chi connectivity index (χ4v) is 3.12. The number of anilines is 1. The Balaban J connectivity index is 1.42. The summed E-state index contributed by atoms with van der Waals surface area (Å²) < 4.78 is 6.61. The molecule has 0 aliphatic carbocycles. The van der Waals surface area contributed by atoms with Crippen molar-refractivity contribution < 1.29 is 9.53 Å². The molecule has 24 heavy (non-hydrogen) atoms. The molecular weight excluding hydrogens is 370 g/mol. The third-order valence-corrected chi connectivity index (χ3v) is 4.53. The summed E-state index contributed by atoms with van der Waals surface area (Å²) in [5.41, 5.74) is 1.16. The zero-order chi connectivity index (χ0) is 16.8. The van der Waals surface area contributed by atoms with Gasteiger partial charge >= 0.3 is 0 Å². The largest absolute Gasteiger partial charge is 0.493 e. The van der Waals surface area contributed by atoms with Crippen molar-refractivity contribution in [1.29, 1.82) is 0 Å². The smallest absolute Gasteiger partial charge is 0.226 e. The van der Waals surface area contributed by atoms with Crippen molar-refractivity contribution in [2.75, 3.05) is 37.7 Å². The normalized spacial score (nSPS) is 14.5. The highest BCUT2D eigenvalue weighted by atomic mass is 79.9. The molecule has 126 valence electrons. The first-order valence-electron chi connectivity index (χ1n) is 8.03. The number of aromatic nitrogens is 1. The van der Waals surface area contributed by atoms with E-state index in [1.54, 1.807) is 12.4 Å². The molecule has 0 atom stereocenters. The Morgan fingerprint density at radius 3 is 2.58 bits per heavy atom. The number of hydrogen-bond acceptors (Lipinski definition) is 4. The number of pyridine rings is 1. The second-order valence-corrected chi connectivity index (χ2v) is 6.54. The molecule has 0 N–H and O–H groups in total. The highest BCUT2D eigenvalue weighted by molar-refractivity contribution is 9.10. The Morgan fingerprint density at radius 2 is 1.88 bits per heavy atom. The van der Waals surface area contributed by atoms with E-state index in [0.717, 1.165) is 42.1 Å². The topological polar surface area (TPSA) is 45.7 Å². The lowest BCUT2D eigenvalue weighted by atomic mass is 10.2. The van der Waals surface area contributed by atoms with Crippen LogP contribution in [0.2, 0.25) is 0 Å². The lowest BCUT2D eigenvalue weighted by Crippen LogP contribution is -2.49. The van der Waals surface area contributed by atoms with Crippen molar-refractivity contribution in [3.8, 4) is 5.75 Å². The number of carbonyl (C=O) groups excluding carboxylic acids is 1. The van der Waals surface area contributed by atoms with Gasteiger partial charge in [0, 0.05) is 48.7 Å². The molecule has 5 nitrogen and oxygen atoms in total. The summed E-state index contributed by atoms with van der Waals surface area (Å²) in [5.74, 6) is 0.930. The van der Waals surface area contributed by atoms with Gasteiger partial charge in [0.15, 0.2) is 0 Å². The Hall–Kier alpha value is -2.08. The van der Waals surface area contributed by atoms with E-state index >= 15 is 0 Å². The van der Waals surface area contributed by atoms with Crippen LogP contribution < -0.4 is 9.64 Å². The molecule has 2 heterocycles. The maximum atomic E-state index is 12.3. The van der Waals surface area contributed by atoms with Crippen LogP contribution in [-0.4, -0.2) is 48.6 Å². The fraction of sp³-hybridized carbons (Fsp3) is 0.333. The van der Waals surface area contributed by atoms with Crippen LogP contribution in [0.3, 0.4) is 0 Å². The van der Waals surface area contributed by atoms with Gasteiger partial charge in [-0.15, -0.1) is 0 Å². The third-order valence-electron chi connectivity index (χ3n) is 4.04. The van der Waals surface area contributed by atoms with Crippen molar-refractivity contribution in [1.82, 2.24) is 9.88 Å². The van der Waals surface area contributed by atoms with E-state index in [9.17, 15) is 4.79 Å². The number of benzene rings is 1. The van der Waals surface area contributed by atoms with E-state index in [1.807, 2.05) is 41.3 Å². The number of carbonyl (C=O) groups is 1. The lowest BCUT2D eigenvalue weighted by molar-refractivity contribution is -0.132. The molecule has 0 unspecified atom stereocenters. The summed E-state index contributed by atoms with van der Waals surface area (Å²) in [6.45, 7) is 3.60. The second kappa shape index (κ2) is 8.15. The van der Waals surface area contributed by atoms with Crippen LogP contribution in [0.1, 0.15) is 6.42 Å². The quantitative estimate of drug-likeness (QED) is 0.788. The molecule has 1 saturated heterocycles. The maximum absolute atomic E-state index is 12.3. The molecule has 1 fully saturated rings. The van der Waals surface area contributed by atoms with Crippen LogP contribution in [0, 0.1) is 0 Å². The van der Waals surface area contributed by atoms with Gasteiger partial charge in [-0.1, -0.05) is 22.0 Å². The van der Waals surface area contributed by atoms with Gasteiger partial charge < -0.3 is 14.5 Å². The minimum atomic E-state index is 0.152. The third kappa shape index (κ3) is 4.47. The van der Waals surface area contributed by atoms with E-state index in [2.05, 4.69) is 25.8 Å². The van der Waals surface area contributed by atoms with Gasteiger partial charge in [0.25, 0.3) is 0 Å². The van der Waals surface area contributed by atoms with Gasteiger partial charge in [-0.2, -0.15) is 0 Å². The number of ether oxygens (including phenoxy) is 1. The molecular formula is C18H20BrN3O2. The van der Waals surface area contributed by atoms with Gasteiger partial charge in [0.2, 0.25) is 5.91 Å². The predicted octanol–water partition coefficient (Wildman–Crippen LogP) is 2.96. The molecule has 1 aromatic carbocycles. The minimum absolute atomic E-state index is 0.152. The number of nitrogens with zero attached hydrogens (tertiary/aromatic N) is 3. The molecule has 1 aliphatic rings. The van der Waals surface area contributed by atoms with E-state index in [4.69, 9.17) is 4.74 Å². The number of hydrogen-bond donors (Lipinski definition) is 0. The highest BCUT2D eigenvalue weighted by Crippen LogP contribution is 2.18. The van der Waals surface area contributed by atoms with Gasteiger partial charge in [-0.25, -0.2) is 0 Å². The van der Waals surface area contributed by atoms with E-state index in [0.29, 0.717) is 13.0 Å². The minimum Gasteiger partial charge on any atom is -0.493 e. The van der Waals surface area contributed by atoms with Crippen LogP contribution >= 0.6 is 15.9 Å². The molecule has 6 heteroatoms. The highest BCUT2D eigenvalue weighted by Gasteiger charge is 2.21. The number of amides is 1.